The highest BCUT2D eigenvalue weighted by atomic mass is 35.5. The molecule has 5 heteroatoms. The summed E-state index contributed by atoms with van der Waals surface area (Å²) >= 11 is 7.12. The van der Waals surface area contributed by atoms with Gasteiger partial charge >= 0.3 is 0 Å². The summed E-state index contributed by atoms with van der Waals surface area (Å²) < 4.78 is 13.2. The molecule has 0 fully saturated rings. The molecular weight excluding hydrogens is 333 g/mol. The van der Waals surface area contributed by atoms with E-state index in [1.54, 1.807) is 6.07 Å². The fourth-order valence-corrected chi connectivity index (χ4v) is 3.56. The molecule has 2 aromatic carbocycles. The second-order valence-corrected chi connectivity index (χ2v) is 7.42. The number of hydrogen-bond acceptors (Lipinski definition) is 2. The Morgan fingerprint density at radius 3 is 2.35 bits per heavy atom. The van der Waals surface area contributed by atoms with Gasteiger partial charge in [-0.3, -0.25) is 4.79 Å². The third-order valence-corrected chi connectivity index (χ3v) is 4.88. The minimum atomic E-state index is -0.459. The van der Waals surface area contributed by atoms with Crippen LogP contribution in [0, 0.1) is 26.6 Å². The van der Waals surface area contributed by atoms with Crippen molar-refractivity contribution in [3.8, 4) is 0 Å². The molecule has 0 bridgehead atoms. The predicted octanol–water partition coefficient (Wildman–Crippen LogP) is 5.52. The summed E-state index contributed by atoms with van der Waals surface area (Å²) in [7, 11) is 0. The van der Waals surface area contributed by atoms with Gasteiger partial charge in [-0.2, -0.15) is 0 Å². The summed E-state index contributed by atoms with van der Waals surface area (Å²) in [5.41, 5.74) is 4.10. The van der Waals surface area contributed by atoms with Crippen LogP contribution in [0.4, 0.5) is 10.1 Å². The Labute approximate surface area is 145 Å². The van der Waals surface area contributed by atoms with E-state index in [1.165, 1.54) is 29.5 Å². The van der Waals surface area contributed by atoms with Crippen LogP contribution in [-0.4, -0.2) is 11.2 Å². The summed E-state index contributed by atoms with van der Waals surface area (Å²) in [6.45, 7) is 7.80. The van der Waals surface area contributed by atoms with Crippen molar-refractivity contribution in [1.82, 2.24) is 0 Å². The van der Waals surface area contributed by atoms with Crippen LogP contribution in [0.3, 0.4) is 0 Å². The number of anilines is 1. The molecule has 23 heavy (non-hydrogen) atoms. The Balaban J connectivity index is 2.10. The second-order valence-electron chi connectivity index (χ2n) is 5.60. The van der Waals surface area contributed by atoms with Crippen LogP contribution in [0.1, 0.15) is 23.6 Å². The maximum Gasteiger partial charge on any atom is 0.237 e. The highest BCUT2D eigenvalue weighted by molar-refractivity contribution is 8.00. The fraction of sp³-hybridized carbons (Fsp3) is 0.278. The predicted molar refractivity (Wildman–Crippen MR) is 96.0 cm³/mol. The number of halogens is 2. The van der Waals surface area contributed by atoms with Gasteiger partial charge in [-0.25, -0.2) is 4.39 Å². The highest BCUT2D eigenvalue weighted by Crippen LogP contribution is 2.29. The van der Waals surface area contributed by atoms with Crippen LogP contribution < -0.4 is 5.32 Å². The number of nitrogens with one attached hydrogen (secondary N) is 1. The Hall–Kier alpha value is -1.52. The zero-order valence-corrected chi connectivity index (χ0v) is 15.1. The van der Waals surface area contributed by atoms with Crippen molar-refractivity contribution >= 4 is 35.0 Å². The SMILES string of the molecule is Cc1cc(C)c(NC(=O)[C@H](C)Sc2ccc(F)c(Cl)c2)c(C)c1. The van der Waals surface area contributed by atoms with Crippen molar-refractivity contribution in [2.24, 2.45) is 0 Å². The van der Waals surface area contributed by atoms with E-state index < -0.39 is 5.82 Å². The number of hydrogen-bond donors (Lipinski definition) is 1. The van der Waals surface area contributed by atoms with E-state index in [2.05, 4.69) is 5.32 Å². The standard InChI is InChI=1S/C18H19ClFNOS/c1-10-7-11(2)17(12(3)8-10)21-18(22)13(4)23-14-5-6-16(20)15(19)9-14/h5-9,13H,1-4H3,(H,21,22)/t13-/m0/s1. The molecule has 0 aliphatic heterocycles. The van der Waals surface area contributed by atoms with Crippen LogP contribution in [-0.2, 0) is 4.79 Å². The summed E-state index contributed by atoms with van der Waals surface area (Å²) in [5, 5.41) is 2.73. The van der Waals surface area contributed by atoms with Gasteiger partial charge in [0.1, 0.15) is 5.82 Å². The second kappa shape index (κ2) is 7.37. The topological polar surface area (TPSA) is 29.1 Å². The Morgan fingerprint density at radius 2 is 1.78 bits per heavy atom. The minimum absolute atomic E-state index is 0.0628. The summed E-state index contributed by atoms with van der Waals surface area (Å²) in [6.07, 6.45) is 0. The zero-order valence-electron chi connectivity index (χ0n) is 13.5. The number of carbonyl (C=O) groups excluding carboxylic acids is 1. The third-order valence-electron chi connectivity index (χ3n) is 3.50. The normalized spacial score (nSPS) is 12.1. The molecule has 0 aliphatic rings. The maximum absolute atomic E-state index is 13.2. The molecule has 0 aliphatic carbocycles. The van der Waals surface area contributed by atoms with Gasteiger partial charge < -0.3 is 5.32 Å². The molecule has 0 spiro atoms. The lowest BCUT2D eigenvalue weighted by molar-refractivity contribution is -0.115. The van der Waals surface area contributed by atoms with Crippen molar-refractivity contribution in [2.75, 3.05) is 5.32 Å². The zero-order chi connectivity index (χ0) is 17.1. The van der Waals surface area contributed by atoms with Gasteiger partial charge in [0.05, 0.1) is 10.3 Å². The van der Waals surface area contributed by atoms with E-state index in [0.717, 1.165) is 21.7 Å². The Morgan fingerprint density at radius 1 is 1.17 bits per heavy atom. The summed E-state index contributed by atoms with van der Waals surface area (Å²) in [6, 6.07) is 8.55. The van der Waals surface area contributed by atoms with Gasteiger partial charge in [-0.15, -0.1) is 11.8 Å². The first-order valence-electron chi connectivity index (χ1n) is 7.28. The number of thioether (sulfide) groups is 1. The first-order chi connectivity index (χ1) is 10.8. The average Bonchev–Trinajstić information content (AvgIpc) is 2.46. The lowest BCUT2D eigenvalue weighted by Gasteiger charge is -2.16. The highest BCUT2D eigenvalue weighted by Gasteiger charge is 2.17. The molecule has 0 heterocycles. The van der Waals surface area contributed by atoms with E-state index in [-0.39, 0.29) is 16.2 Å². The van der Waals surface area contributed by atoms with Crippen LogP contribution in [0.15, 0.2) is 35.2 Å². The van der Waals surface area contributed by atoms with E-state index in [1.807, 2.05) is 39.8 Å². The number of amides is 1. The first kappa shape index (κ1) is 17.8. The molecular formula is C18H19ClFNOS. The molecule has 0 radical (unpaired) electrons. The molecule has 1 atom stereocenters. The van der Waals surface area contributed by atoms with Gasteiger partial charge in [0.15, 0.2) is 0 Å². The Bertz CT molecular complexity index is 725. The van der Waals surface area contributed by atoms with Crippen molar-refractivity contribution in [1.29, 1.82) is 0 Å². The van der Waals surface area contributed by atoms with Gasteiger partial charge in [0.2, 0.25) is 5.91 Å². The monoisotopic (exact) mass is 351 g/mol. The molecule has 2 aromatic rings. The molecule has 0 unspecified atom stereocenters. The molecule has 122 valence electrons. The van der Waals surface area contributed by atoms with Crippen LogP contribution >= 0.6 is 23.4 Å². The lowest BCUT2D eigenvalue weighted by Crippen LogP contribution is -2.23. The van der Waals surface area contributed by atoms with Gasteiger partial charge in [-0.05, 0) is 57.0 Å². The van der Waals surface area contributed by atoms with E-state index in [9.17, 15) is 9.18 Å². The maximum atomic E-state index is 13.2. The minimum Gasteiger partial charge on any atom is -0.325 e. The van der Waals surface area contributed by atoms with Gasteiger partial charge in [0.25, 0.3) is 0 Å². The van der Waals surface area contributed by atoms with Crippen molar-refractivity contribution in [2.45, 2.75) is 37.8 Å². The molecule has 0 aromatic heterocycles. The quantitative estimate of drug-likeness (QED) is 0.734. The molecule has 1 N–H and O–H groups in total. The average molecular weight is 352 g/mol. The molecule has 0 saturated heterocycles. The summed E-state index contributed by atoms with van der Waals surface area (Å²) in [4.78, 5) is 13.2. The third kappa shape index (κ3) is 4.49. The smallest absolute Gasteiger partial charge is 0.237 e. The van der Waals surface area contributed by atoms with Crippen LogP contribution in [0.25, 0.3) is 0 Å². The van der Waals surface area contributed by atoms with Crippen LogP contribution in [0.2, 0.25) is 5.02 Å². The van der Waals surface area contributed by atoms with Crippen molar-refractivity contribution in [3.63, 3.8) is 0 Å². The molecule has 2 rings (SSSR count). The number of rotatable bonds is 4. The molecule has 2 nitrogen and oxygen atoms in total. The van der Waals surface area contributed by atoms with Gasteiger partial charge in [-0.1, -0.05) is 29.3 Å². The molecule has 0 saturated carbocycles. The number of carbonyl (C=O) groups is 1. The first-order valence-corrected chi connectivity index (χ1v) is 8.54. The Kier molecular flexibility index (Phi) is 5.71. The van der Waals surface area contributed by atoms with E-state index in [4.69, 9.17) is 11.6 Å². The lowest BCUT2D eigenvalue weighted by atomic mass is 10.1. The van der Waals surface area contributed by atoms with Gasteiger partial charge in [0, 0.05) is 10.6 Å². The van der Waals surface area contributed by atoms with Crippen LogP contribution in [0.5, 0.6) is 0 Å². The summed E-state index contributed by atoms with van der Waals surface area (Å²) in [5.74, 6) is -0.551. The van der Waals surface area contributed by atoms with E-state index in [0.29, 0.717) is 0 Å². The largest absolute Gasteiger partial charge is 0.325 e. The van der Waals surface area contributed by atoms with Crippen molar-refractivity contribution < 1.29 is 9.18 Å². The number of benzene rings is 2. The fourth-order valence-electron chi connectivity index (χ4n) is 2.41. The van der Waals surface area contributed by atoms with E-state index >= 15 is 0 Å². The molecule has 1 amide bonds. The number of aryl methyl sites for hydroxylation is 3. The van der Waals surface area contributed by atoms with Crippen molar-refractivity contribution in [3.05, 3.63) is 57.9 Å².